The standard InChI is InChI=1S/C16H22N2O4S/c1-17-23(21,22)15-9-2-12(3-10-15)4-11-16(20)18-13-5-7-14(19)8-6-13/h2-4,9-11,13-14,17,19H,5-8H2,1H3,(H,18,20)/b11-4+. The van der Waals surface area contributed by atoms with Gasteiger partial charge in [-0.3, -0.25) is 4.79 Å². The minimum absolute atomic E-state index is 0.110. The summed E-state index contributed by atoms with van der Waals surface area (Å²) in [6, 6.07) is 6.38. The van der Waals surface area contributed by atoms with Gasteiger partial charge >= 0.3 is 0 Å². The monoisotopic (exact) mass is 338 g/mol. The Morgan fingerprint density at radius 2 is 1.78 bits per heavy atom. The van der Waals surface area contributed by atoms with Crippen LogP contribution in [0.2, 0.25) is 0 Å². The molecule has 0 aromatic heterocycles. The Hall–Kier alpha value is -1.70. The van der Waals surface area contributed by atoms with Crippen LogP contribution in [-0.2, 0) is 14.8 Å². The number of carbonyl (C=O) groups excluding carboxylic acids is 1. The number of benzene rings is 1. The fraction of sp³-hybridized carbons (Fsp3) is 0.438. The average molecular weight is 338 g/mol. The molecule has 1 aliphatic rings. The van der Waals surface area contributed by atoms with E-state index >= 15 is 0 Å². The van der Waals surface area contributed by atoms with Gasteiger partial charge in [-0.1, -0.05) is 12.1 Å². The maximum Gasteiger partial charge on any atom is 0.244 e. The van der Waals surface area contributed by atoms with E-state index in [1.54, 1.807) is 18.2 Å². The van der Waals surface area contributed by atoms with E-state index in [0.717, 1.165) is 31.2 Å². The Balaban J connectivity index is 1.91. The summed E-state index contributed by atoms with van der Waals surface area (Å²) in [5.74, 6) is -0.182. The van der Waals surface area contributed by atoms with Crippen LogP contribution < -0.4 is 10.0 Å². The number of carbonyl (C=O) groups is 1. The van der Waals surface area contributed by atoms with Gasteiger partial charge in [0.1, 0.15) is 0 Å². The van der Waals surface area contributed by atoms with Crippen molar-refractivity contribution in [3.8, 4) is 0 Å². The number of hydrogen-bond acceptors (Lipinski definition) is 4. The van der Waals surface area contributed by atoms with Gasteiger partial charge in [-0.15, -0.1) is 0 Å². The predicted octanol–water partition coefficient (Wildman–Crippen LogP) is 1.03. The third kappa shape index (κ3) is 5.16. The van der Waals surface area contributed by atoms with Crippen molar-refractivity contribution in [2.45, 2.75) is 42.7 Å². The summed E-state index contributed by atoms with van der Waals surface area (Å²) in [6.07, 6.45) is 5.85. The molecule has 0 spiro atoms. The maximum atomic E-state index is 11.9. The molecule has 0 unspecified atom stereocenters. The highest BCUT2D eigenvalue weighted by molar-refractivity contribution is 7.89. The Bertz CT molecular complexity index is 660. The fourth-order valence-corrected chi connectivity index (χ4v) is 3.25. The summed E-state index contributed by atoms with van der Waals surface area (Å²) in [6.45, 7) is 0. The molecular weight excluding hydrogens is 316 g/mol. The lowest BCUT2D eigenvalue weighted by molar-refractivity contribution is -0.117. The zero-order valence-electron chi connectivity index (χ0n) is 13.0. The molecule has 1 amide bonds. The van der Waals surface area contributed by atoms with E-state index in [4.69, 9.17) is 0 Å². The Morgan fingerprint density at radius 3 is 2.35 bits per heavy atom. The molecule has 1 aromatic carbocycles. The molecule has 0 heterocycles. The summed E-state index contributed by atoms with van der Waals surface area (Å²) < 4.78 is 25.5. The van der Waals surface area contributed by atoms with Crippen molar-refractivity contribution in [3.63, 3.8) is 0 Å². The lowest BCUT2D eigenvalue weighted by Gasteiger charge is -2.25. The lowest BCUT2D eigenvalue weighted by atomic mass is 9.93. The van der Waals surface area contributed by atoms with E-state index in [9.17, 15) is 18.3 Å². The highest BCUT2D eigenvalue weighted by atomic mass is 32.2. The van der Waals surface area contributed by atoms with Crippen LogP contribution in [-0.4, -0.2) is 38.6 Å². The molecular formula is C16H22N2O4S. The molecule has 1 fully saturated rings. The van der Waals surface area contributed by atoms with E-state index in [1.807, 2.05) is 0 Å². The van der Waals surface area contributed by atoms with Crippen LogP contribution >= 0.6 is 0 Å². The molecule has 0 aliphatic heterocycles. The van der Waals surface area contributed by atoms with Crippen molar-refractivity contribution >= 4 is 22.0 Å². The first kappa shape index (κ1) is 17.7. The fourth-order valence-electron chi connectivity index (χ4n) is 2.52. The van der Waals surface area contributed by atoms with E-state index in [0.29, 0.717) is 0 Å². The van der Waals surface area contributed by atoms with Gasteiger partial charge in [0.25, 0.3) is 0 Å². The minimum Gasteiger partial charge on any atom is -0.393 e. The summed E-state index contributed by atoms with van der Waals surface area (Å²) in [7, 11) is -2.08. The zero-order chi connectivity index (χ0) is 16.9. The molecule has 0 atom stereocenters. The lowest BCUT2D eigenvalue weighted by Crippen LogP contribution is -2.37. The summed E-state index contributed by atoms with van der Waals surface area (Å²) in [4.78, 5) is 12.1. The van der Waals surface area contributed by atoms with Crippen LogP contribution in [0.25, 0.3) is 6.08 Å². The first-order chi connectivity index (χ1) is 10.9. The van der Waals surface area contributed by atoms with E-state index in [2.05, 4.69) is 10.0 Å². The molecule has 0 saturated heterocycles. The summed E-state index contributed by atoms with van der Waals surface area (Å²) >= 11 is 0. The van der Waals surface area contributed by atoms with Crippen molar-refractivity contribution in [2.24, 2.45) is 0 Å². The molecule has 0 radical (unpaired) electrons. The van der Waals surface area contributed by atoms with Gasteiger partial charge in [0.15, 0.2) is 0 Å². The third-order valence-electron chi connectivity index (χ3n) is 3.93. The second-order valence-electron chi connectivity index (χ2n) is 5.62. The van der Waals surface area contributed by atoms with Crippen molar-refractivity contribution in [2.75, 3.05) is 7.05 Å². The maximum absolute atomic E-state index is 11.9. The van der Waals surface area contributed by atoms with Crippen LogP contribution in [0.1, 0.15) is 31.2 Å². The van der Waals surface area contributed by atoms with Gasteiger partial charge in [0, 0.05) is 12.1 Å². The number of hydrogen-bond donors (Lipinski definition) is 3. The second kappa shape index (κ2) is 7.72. The van der Waals surface area contributed by atoms with Crippen LogP contribution in [0.5, 0.6) is 0 Å². The number of rotatable bonds is 5. The van der Waals surface area contributed by atoms with Gasteiger partial charge in [0.2, 0.25) is 15.9 Å². The van der Waals surface area contributed by atoms with Gasteiger partial charge in [-0.05, 0) is 56.5 Å². The van der Waals surface area contributed by atoms with Crippen LogP contribution in [0, 0.1) is 0 Å². The minimum atomic E-state index is -3.44. The number of aliphatic hydroxyl groups excluding tert-OH is 1. The Labute approximate surface area is 136 Å². The van der Waals surface area contributed by atoms with Crippen LogP contribution in [0.3, 0.4) is 0 Å². The first-order valence-corrected chi connectivity index (χ1v) is 9.09. The summed E-state index contributed by atoms with van der Waals surface area (Å²) in [5.41, 5.74) is 0.745. The van der Waals surface area contributed by atoms with Crippen molar-refractivity contribution in [1.29, 1.82) is 0 Å². The molecule has 1 aliphatic carbocycles. The second-order valence-corrected chi connectivity index (χ2v) is 7.51. The molecule has 23 heavy (non-hydrogen) atoms. The molecule has 1 saturated carbocycles. The normalized spacial score (nSPS) is 22.2. The molecule has 0 bridgehead atoms. The molecule has 6 nitrogen and oxygen atoms in total. The quantitative estimate of drug-likeness (QED) is 0.699. The van der Waals surface area contributed by atoms with E-state index in [1.165, 1.54) is 25.3 Å². The van der Waals surface area contributed by atoms with E-state index < -0.39 is 10.0 Å². The molecule has 7 heteroatoms. The van der Waals surface area contributed by atoms with Crippen molar-refractivity contribution in [1.82, 2.24) is 10.0 Å². The topological polar surface area (TPSA) is 95.5 Å². The molecule has 3 N–H and O–H groups in total. The van der Waals surface area contributed by atoms with Crippen molar-refractivity contribution in [3.05, 3.63) is 35.9 Å². The van der Waals surface area contributed by atoms with Gasteiger partial charge < -0.3 is 10.4 Å². The first-order valence-electron chi connectivity index (χ1n) is 7.61. The third-order valence-corrected chi connectivity index (χ3v) is 5.36. The van der Waals surface area contributed by atoms with Crippen LogP contribution in [0.4, 0.5) is 0 Å². The molecule has 2 rings (SSSR count). The van der Waals surface area contributed by atoms with Gasteiger partial charge in [0.05, 0.1) is 11.0 Å². The SMILES string of the molecule is CNS(=O)(=O)c1ccc(/C=C/C(=O)NC2CCC(O)CC2)cc1. The molecule has 1 aromatic rings. The number of aliphatic hydroxyl groups is 1. The smallest absolute Gasteiger partial charge is 0.244 e. The Kier molecular flexibility index (Phi) is 5.92. The summed E-state index contributed by atoms with van der Waals surface area (Å²) in [5, 5.41) is 12.3. The average Bonchev–Trinajstić information content (AvgIpc) is 2.55. The van der Waals surface area contributed by atoms with Crippen LogP contribution in [0.15, 0.2) is 35.2 Å². The zero-order valence-corrected chi connectivity index (χ0v) is 13.8. The molecule has 126 valence electrons. The van der Waals surface area contributed by atoms with Gasteiger partial charge in [-0.2, -0.15) is 0 Å². The highest BCUT2D eigenvalue weighted by Crippen LogP contribution is 2.18. The van der Waals surface area contributed by atoms with Crippen molar-refractivity contribution < 1.29 is 18.3 Å². The number of sulfonamides is 1. The highest BCUT2D eigenvalue weighted by Gasteiger charge is 2.19. The number of amides is 1. The predicted molar refractivity (Wildman–Crippen MR) is 88.1 cm³/mol. The van der Waals surface area contributed by atoms with E-state index in [-0.39, 0.29) is 22.9 Å². The number of nitrogens with one attached hydrogen (secondary N) is 2. The largest absolute Gasteiger partial charge is 0.393 e. The Morgan fingerprint density at radius 1 is 1.17 bits per heavy atom. The van der Waals surface area contributed by atoms with Gasteiger partial charge in [-0.25, -0.2) is 13.1 Å².